The highest BCUT2D eigenvalue weighted by atomic mass is 15.0. The quantitative estimate of drug-likeness (QED) is 0.169. The minimum atomic E-state index is 0.624. The summed E-state index contributed by atoms with van der Waals surface area (Å²) in [6, 6.07) is 77.8. The van der Waals surface area contributed by atoms with Gasteiger partial charge in [-0.3, -0.25) is 0 Å². The Kier molecular flexibility index (Phi) is 8.13. The van der Waals surface area contributed by atoms with Crippen molar-refractivity contribution in [2.75, 3.05) is 0 Å². The van der Waals surface area contributed by atoms with E-state index in [0.717, 1.165) is 55.3 Å². The molecule has 2 heterocycles. The van der Waals surface area contributed by atoms with Crippen LogP contribution in [0.15, 0.2) is 218 Å². The van der Waals surface area contributed by atoms with Gasteiger partial charge in [0.1, 0.15) is 0 Å². The Morgan fingerprint density at radius 3 is 1.54 bits per heavy atom. The molecule has 0 unspecified atom stereocenters. The van der Waals surface area contributed by atoms with Gasteiger partial charge in [-0.1, -0.05) is 176 Å². The van der Waals surface area contributed by atoms with Crippen LogP contribution in [0, 0.1) is 0 Å². The molecule has 284 valence electrons. The summed E-state index contributed by atoms with van der Waals surface area (Å²) in [7, 11) is 0. The first-order chi connectivity index (χ1) is 30.2. The summed E-state index contributed by atoms with van der Waals surface area (Å²) in [4.78, 5) is 15.5. The third kappa shape index (κ3) is 5.96. The van der Waals surface area contributed by atoms with Crippen LogP contribution in [0.2, 0.25) is 0 Å². The molecule has 0 saturated carbocycles. The number of hydrogen-bond donors (Lipinski definition) is 0. The Morgan fingerprint density at radius 1 is 0.279 bits per heavy atom. The van der Waals surface area contributed by atoms with E-state index in [1.165, 1.54) is 43.4 Å². The molecule has 4 nitrogen and oxygen atoms in total. The van der Waals surface area contributed by atoms with Crippen molar-refractivity contribution in [2.45, 2.75) is 0 Å². The number of fused-ring (bicyclic) bond motifs is 7. The van der Waals surface area contributed by atoms with Crippen molar-refractivity contribution in [3.8, 4) is 62.1 Å². The minimum absolute atomic E-state index is 0.624. The molecular weight excluding hydrogens is 741 g/mol. The maximum atomic E-state index is 5.24. The second kappa shape index (κ2) is 14.3. The van der Waals surface area contributed by atoms with Crippen molar-refractivity contribution < 1.29 is 0 Å². The van der Waals surface area contributed by atoms with E-state index < -0.39 is 0 Å². The fourth-order valence-electron chi connectivity index (χ4n) is 9.07. The summed E-state index contributed by atoms with van der Waals surface area (Å²) in [5.41, 5.74) is 10.8. The molecule has 61 heavy (non-hydrogen) atoms. The number of nitrogens with zero attached hydrogens (tertiary/aromatic N) is 4. The molecule has 0 radical (unpaired) electrons. The maximum Gasteiger partial charge on any atom is 0.164 e. The van der Waals surface area contributed by atoms with E-state index >= 15 is 0 Å². The first kappa shape index (κ1) is 34.8. The number of aromatic nitrogens is 4. The predicted molar refractivity (Wildman–Crippen MR) is 254 cm³/mol. The average Bonchev–Trinajstić information content (AvgIpc) is 3.66. The van der Waals surface area contributed by atoms with Gasteiger partial charge < -0.3 is 4.57 Å². The van der Waals surface area contributed by atoms with Crippen LogP contribution in [0.25, 0.3) is 116 Å². The maximum absolute atomic E-state index is 5.24. The van der Waals surface area contributed by atoms with Crippen LogP contribution in [0.3, 0.4) is 0 Å². The van der Waals surface area contributed by atoms with E-state index in [1.54, 1.807) is 0 Å². The Hall–Kier alpha value is -8.21. The average molecular weight is 777 g/mol. The van der Waals surface area contributed by atoms with Crippen molar-refractivity contribution in [1.82, 2.24) is 19.5 Å². The lowest BCUT2D eigenvalue weighted by Gasteiger charge is -2.17. The van der Waals surface area contributed by atoms with Crippen LogP contribution in [-0.4, -0.2) is 19.5 Å². The minimum Gasteiger partial charge on any atom is -0.309 e. The van der Waals surface area contributed by atoms with E-state index in [-0.39, 0.29) is 0 Å². The van der Waals surface area contributed by atoms with Crippen molar-refractivity contribution >= 4 is 54.1 Å². The summed E-state index contributed by atoms with van der Waals surface area (Å²) < 4.78 is 2.46. The molecule has 0 aliphatic heterocycles. The van der Waals surface area contributed by atoms with E-state index in [9.17, 15) is 0 Å². The molecule has 0 amide bonds. The molecule has 4 heteroatoms. The zero-order valence-electron chi connectivity index (χ0n) is 33.1. The standard InChI is InChI=1S/C57H36N4/c1-4-15-37(16-5-1)41-24-14-25-42(33-41)45-27-29-47-49(34-45)48(57-59-55(39-18-6-2-7-19-39)58-56(60-57)40-20-8-3-9-21-40)30-32-51(47)61-52-31-28-38-17-12-13-26-46(38)54(52)50-35-43-22-10-11-23-44(43)36-53(50)61/h1-36H. The van der Waals surface area contributed by atoms with Gasteiger partial charge in [0.25, 0.3) is 0 Å². The highest BCUT2D eigenvalue weighted by Crippen LogP contribution is 2.43. The van der Waals surface area contributed by atoms with Crippen molar-refractivity contribution in [3.05, 3.63) is 218 Å². The molecule has 0 atom stereocenters. The van der Waals surface area contributed by atoms with E-state index in [4.69, 9.17) is 15.0 Å². The highest BCUT2D eigenvalue weighted by molar-refractivity contribution is 6.24. The molecule has 0 aliphatic carbocycles. The highest BCUT2D eigenvalue weighted by Gasteiger charge is 2.21. The van der Waals surface area contributed by atoms with E-state index in [0.29, 0.717) is 17.5 Å². The van der Waals surface area contributed by atoms with Crippen LogP contribution in [0.5, 0.6) is 0 Å². The Bertz CT molecular complexity index is 3570. The molecule has 12 rings (SSSR count). The molecule has 2 aromatic heterocycles. The SMILES string of the molecule is c1ccc(-c2cccc(-c3ccc4c(-n5c6cc7ccccc7cc6c6c7ccccc7ccc65)ccc(-c5nc(-c6ccccc6)nc(-c6ccccc6)n5)c4c3)c2)cc1. The zero-order chi connectivity index (χ0) is 40.3. The largest absolute Gasteiger partial charge is 0.309 e. The predicted octanol–water partition coefficient (Wildman–Crippen LogP) is 14.8. The lowest BCUT2D eigenvalue weighted by molar-refractivity contribution is 1.08. The first-order valence-corrected chi connectivity index (χ1v) is 20.7. The van der Waals surface area contributed by atoms with Gasteiger partial charge in [0.05, 0.1) is 16.7 Å². The monoisotopic (exact) mass is 776 g/mol. The van der Waals surface area contributed by atoms with Gasteiger partial charge in [-0.25, -0.2) is 15.0 Å². The summed E-state index contributed by atoms with van der Waals surface area (Å²) in [5, 5.41) is 9.54. The van der Waals surface area contributed by atoms with Crippen LogP contribution in [0.4, 0.5) is 0 Å². The van der Waals surface area contributed by atoms with Crippen molar-refractivity contribution in [2.24, 2.45) is 0 Å². The van der Waals surface area contributed by atoms with Gasteiger partial charge in [0, 0.05) is 32.8 Å². The molecule has 12 aromatic rings. The lowest BCUT2D eigenvalue weighted by atomic mass is 9.94. The molecule has 0 bridgehead atoms. The van der Waals surface area contributed by atoms with Gasteiger partial charge in [0.2, 0.25) is 0 Å². The summed E-state index contributed by atoms with van der Waals surface area (Å²) in [5.74, 6) is 1.89. The summed E-state index contributed by atoms with van der Waals surface area (Å²) >= 11 is 0. The Morgan fingerprint density at radius 2 is 0.836 bits per heavy atom. The van der Waals surface area contributed by atoms with Gasteiger partial charge in [-0.15, -0.1) is 0 Å². The van der Waals surface area contributed by atoms with Crippen LogP contribution < -0.4 is 0 Å². The molecule has 0 N–H and O–H groups in total. The molecule has 0 aliphatic rings. The second-order valence-corrected chi connectivity index (χ2v) is 15.6. The van der Waals surface area contributed by atoms with Crippen LogP contribution >= 0.6 is 0 Å². The zero-order valence-corrected chi connectivity index (χ0v) is 33.1. The third-order valence-electron chi connectivity index (χ3n) is 12.0. The van der Waals surface area contributed by atoms with Gasteiger partial charge in [-0.05, 0) is 91.6 Å². The first-order valence-electron chi connectivity index (χ1n) is 20.7. The van der Waals surface area contributed by atoms with Crippen LogP contribution in [-0.2, 0) is 0 Å². The molecule has 0 spiro atoms. The fraction of sp³-hybridized carbons (Fsp3) is 0. The number of benzene rings is 10. The van der Waals surface area contributed by atoms with E-state index in [1.807, 2.05) is 36.4 Å². The molecule has 10 aromatic carbocycles. The molecule has 0 saturated heterocycles. The van der Waals surface area contributed by atoms with Crippen molar-refractivity contribution in [3.63, 3.8) is 0 Å². The van der Waals surface area contributed by atoms with Crippen molar-refractivity contribution in [1.29, 1.82) is 0 Å². The van der Waals surface area contributed by atoms with Gasteiger partial charge in [0.15, 0.2) is 17.5 Å². The normalized spacial score (nSPS) is 11.6. The van der Waals surface area contributed by atoms with Crippen LogP contribution in [0.1, 0.15) is 0 Å². The Labute approximate surface area is 352 Å². The molecule has 0 fully saturated rings. The lowest BCUT2D eigenvalue weighted by Crippen LogP contribution is -2.02. The van der Waals surface area contributed by atoms with E-state index in [2.05, 4.69) is 187 Å². The fourth-order valence-corrected chi connectivity index (χ4v) is 9.07. The topological polar surface area (TPSA) is 43.6 Å². The second-order valence-electron chi connectivity index (χ2n) is 15.6. The van der Waals surface area contributed by atoms with Gasteiger partial charge >= 0.3 is 0 Å². The molecular formula is C57H36N4. The number of hydrogen-bond acceptors (Lipinski definition) is 3. The van der Waals surface area contributed by atoms with Gasteiger partial charge in [-0.2, -0.15) is 0 Å². The Balaban J connectivity index is 1.16. The summed E-state index contributed by atoms with van der Waals surface area (Å²) in [6.07, 6.45) is 0. The number of rotatable bonds is 6. The summed E-state index contributed by atoms with van der Waals surface area (Å²) in [6.45, 7) is 0. The third-order valence-corrected chi connectivity index (χ3v) is 12.0. The smallest absolute Gasteiger partial charge is 0.164 e.